The van der Waals surface area contributed by atoms with Gasteiger partial charge in [-0.25, -0.2) is 4.98 Å². The highest BCUT2D eigenvalue weighted by atomic mass is 79.9. The number of fused-ring (bicyclic) bond motifs is 1. The fraction of sp³-hybridized carbons (Fsp3) is 0.333. The van der Waals surface area contributed by atoms with Gasteiger partial charge in [-0.3, -0.25) is 14.6 Å². The van der Waals surface area contributed by atoms with Gasteiger partial charge in [0.1, 0.15) is 0 Å². The molecule has 3 heterocycles. The minimum atomic E-state index is 0. The molecule has 4 rings (SSSR count). The van der Waals surface area contributed by atoms with Crippen molar-refractivity contribution < 1.29 is 9.53 Å². The number of halogens is 2. The molecule has 1 aromatic carbocycles. The normalized spacial score (nSPS) is 14.9. The largest absolute Gasteiger partial charge is 0.379 e. The van der Waals surface area contributed by atoms with Gasteiger partial charge in [-0.05, 0) is 40.2 Å². The molecule has 0 spiro atoms. The average Bonchev–Trinajstić information content (AvgIpc) is 3.28. The number of amides is 1. The molecule has 0 unspecified atom stereocenters. The Balaban J connectivity index is 0.00000210. The second-order valence-electron chi connectivity index (χ2n) is 5.98. The Labute approximate surface area is 180 Å². The van der Waals surface area contributed by atoms with Crippen LogP contribution in [0.25, 0.3) is 10.2 Å². The lowest BCUT2D eigenvalue weighted by Gasteiger charge is -2.29. The Bertz CT molecular complexity index is 878. The van der Waals surface area contributed by atoms with E-state index in [9.17, 15) is 4.79 Å². The molecule has 9 heteroatoms. The van der Waals surface area contributed by atoms with Crippen molar-refractivity contribution >= 4 is 72.3 Å². The lowest BCUT2D eigenvalue weighted by atomic mass is 10.3. The van der Waals surface area contributed by atoms with Crippen molar-refractivity contribution in [1.82, 2.24) is 9.88 Å². The second kappa shape index (κ2) is 9.45. The summed E-state index contributed by atoms with van der Waals surface area (Å²) in [6.07, 6.45) is 0. The van der Waals surface area contributed by atoms with Crippen molar-refractivity contribution in [2.75, 3.05) is 44.3 Å². The summed E-state index contributed by atoms with van der Waals surface area (Å²) in [4.78, 5) is 22.7. The fourth-order valence-electron chi connectivity index (χ4n) is 2.89. The van der Waals surface area contributed by atoms with E-state index in [4.69, 9.17) is 9.72 Å². The van der Waals surface area contributed by atoms with Gasteiger partial charge in [-0.1, -0.05) is 23.5 Å². The predicted octanol–water partition coefficient (Wildman–Crippen LogP) is 4.52. The van der Waals surface area contributed by atoms with Gasteiger partial charge in [0.05, 0.1) is 32.1 Å². The highest BCUT2D eigenvalue weighted by molar-refractivity contribution is 9.11. The number of rotatable bonds is 5. The standard InChI is InChI=1S/C18H18BrN3O2S2.ClH/c19-16-6-5-15(25-16)17(23)22(8-7-21-9-11-24-12-10-21)18-20-13-3-1-2-4-14(13)26-18;/h1-6H,7-12H2;1H. The number of thiophene rings is 1. The zero-order valence-electron chi connectivity index (χ0n) is 14.5. The van der Waals surface area contributed by atoms with Gasteiger partial charge in [0, 0.05) is 26.2 Å². The maximum atomic E-state index is 13.1. The number of anilines is 1. The van der Waals surface area contributed by atoms with Crippen molar-refractivity contribution in [3.63, 3.8) is 0 Å². The first-order chi connectivity index (χ1) is 12.7. The molecule has 1 saturated heterocycles. The van der Waals surface area contributed by atoms with Gasteiger partial charge in [-0.2, -0.15) is 0 Å². The third-order valence-electron chi connectivity index (χ3n) is 4.29. The Morgan fingerprint density at radius 1 is 1.19 bits per heavy atom. The van der Waals surface area contributed by atoms with E-state index < -0.39 is 0 Å². The summed E-state index contributed by atoms with van der Waals surface area (Å²) in [6.45, 7) is 4.77. The lowest BCUT2D eigenvalue weighted by molar-refractivity contribution is 0.0391. The predicted molar refractivity (Wildman–Crippen MR) is 118 cm³/mol. The maximum absolute atomic E-state index is 13.1. The zero-order chi connectivity index (χ0) is 17.9. The smallest absolute Gasteiger partial charge is 0.270 e. The molecule has 1 aliphatic rings. The highest BCUT2D eigenvalue weighted by Gasteiger charge is 2.23. The van der Waals surface area contributed by atoms with Crippen molar-refractivity contribution in [1.29, 1.82) is 0 Å². The summed E-state index contributed by atoms with van der Waals surface area (Å²) >= 11 is 6.47. The van der Waals surface area contributed by atoms with Gasteiger partial charge in [-0.15, -0.1) is 23.7 Å². The summed E-state index contributed by atoms with van der Waals surface area (Å²) < 4.78 is 7.47. The van der Waals surface area contributed by atoms with Crippen molar-refractivity contribution in [2.24, 2.45) is 0 Å². The molecule has 144 valence electrons. The minimum Gasteiger partial charge on any atom is -0.379 e. The molecule has 1 amide bonds. The summed E-state index contributed by atoms with van der Waals surface area (Å²) in [7, 11) is 0. The van der Waals surface area contributed by atoms with Crippen LogP contribution in [0.1, 0.15) is 9.67 Å². The molecule has 0 saturated carbocycles. The Kier molecular flexibility index (Phi) is 7.24. The molecule has 3 aromatic rings. The van der Waals surface area contributed by atoms with Gasteiger partial charge in [0.15, 0.2) is 5.13 Å². The van der Waals surface area contributed by atoms with Crippen LogP contribution in [0.2, 0.25) is 0 Å². The second-order valence-corrected chi connectivity index (χ2v) is 9.45. The number of ether oxygens (including phenoxy) is 1. The van der Waals surface area contributed by atoms with Crippen molar-refractivity contribution in [2.45, 2.75) is 0 Å². The number of carbonyl (C=O) groups excluding carboxylic acids is 1. The third kappa shape index (κ3) is 4.88. The number of benzene rings is 1. The maximum Gasteiger partial charge on any atom is 0.270 e. The molecule has 0 aliphatic carbocycles. The molecule has 1 aliphatic heterocycles. The first-order valence-electron chi connectivity index (χ1n) is 8.43. The van der Waals surface area contributed by atoms with Crippen LogP contribution >= 0.6 is 51.0 Å². The van der Waals surface area contributed by atoms with Crippen LogP contribution in [0, 0.1) is 0 Å². The summed E-state index contributed by atoms with van der Waals surface area (Å²) in [5.74, 6) is 0.00742. The number of nitrogens with zero attached hydrogens (tertiary/aromatic N) is 3. The monoisotopic (exact) mass is 487 g/mol. The van der Waals surface area contributed by atoms with E-state index in [1.807, 2.05) is 41.3 Å². The molecular formula is C18H19BrClN3O2S2. The van der Waals surface area contributed by atoms with Gasteiger partial charge < -0.3 is 4.74 Å². The Hall–Kier alpha value is -1.03. The first kappa shape index (κ1) is 20.7. The van der Waals surface area contributed by atoms with E-state index in [1.165, 1.54) is 11.3 Å². The molecule has 0 bridgehead atoms. The molecule has 1 fully saturated rings. The average molecular weight is 489 g/mol. The Morgan fingerprint density at radius 2 is 1.96 bits per heavy atom. The van der Waals surface area contributed by atoms with Gasteiger partial charge >= 0.3 is 0 Å². The van der Waals surface area contributed by atoms with Crippen LogP contribution in [-0.2, 0) is 4.74 Å². The molecule has 5 nitrogen and oxygen atoms in total. The Morgan fingerprint density at radius 3 is 2.67 bits per heavy atom. The fourth-order valence-corrected chi connectivity index (χ4v) is 5.21. The van der Waals surface area contributed by atoms with Gasteiger partial charge in [0.25, 0.3) is 5.91 Å². The van der Waals surface area contributed by atoms with E-state index in [2.05, 4.69) is 20.8 Å². The van der Waals surface area contributed by atoms with Crippen LogP contribution < -0.4 is 4.90 Å². The number of para-hydroxylation sites is 1. The van der Waals surface area contributed by atoms with E-state index in [1.54, 1.807) is 11.3 Å². The van der Waals surface area contributed by atoms with Crippen LogP contribution in [0.4, 0.5) is 5.13 Å². The van der Waals surface area contributed by atoms with E-state index in [-0.39, 0.29) is 18.3 Å². The molecule has 27 heavy (non-hydrogen) atoms. The lowest BCUT2D eigenvalue weighted by Crippen LogP contribution is -2.43. The van der Waals surface area contributed by atoms with Crippen LogP contribution in [0.5, 0.6) is 0 Å². The third-order valence-corrected chi connectivity index (χ3v) is 6.96. The number of hydrogen-bond donors (Lipinski definition) is 0. The number of thiazole rings is 1. The number of aromatic nitrogens is 1. The van der Waals surface area contributed by atoms with Crippen LogP contribution in [0.3, 0.4) is 0 Å². The highest BCUT2D eigenvalue weighted by Crippen LogP contribution is 2.31. The summed E-state index contributed by atoms with van der Waals surface area (Å²) in [6, 6.07) is 11.8. The van der Waals surface area contributed by atoms with Crippen molar-refractivity contribution in [3.05, 3.63) is 45.1 Å². The molecule has 0 radical (unpaired) electrons. The molecular weight excluding hydrogens is 470 g/mol. The SMILES string of the molecule is Cl.O=C(c1ccc(Br)s1)N(CCN1CCOCC1)c1nc2ccccc2s1. The first-order valence-corrected chi connectivity index (χ1v) is 10.9. The quantitative estimate of drug-likeness (QED) is 0.530. The van der Waals surface area contributed by atoms with E-state index in [0.29, 0.717) is 6.54 Å². The van der Waals surface area contributed by atoms with Crippen LogP contribution in [-0.4, -0.2) is 55.2 Å². The molecule has 2 aromatic heterocycles. The number of carbonyl (C=O) groups is 1. The van der Waals surface area contributed by atoms with Gasteiger partial charge in [0.2, 0.25) is 0 Å². The van der Waals surface area contributed by atoms with Crippen molar-refractivity contribution in [3.8, 4) is 0 Å². The zero-order valence-corrected chi connectivity index (χ0v) is 18.5. The topological polar surface area (TPSA) is 45.7 Å². The van der Waals surface area contributed by atoms with E-state index >= 15 is 0 Å². The van der Waals surface area contributed by atoms with Crippen LogP contribution in [0.15, 0.2) is 40.2 Å². The number of hydrogen-bond acceptors (Lipinski definition) is 6. The molecule has 0 atom stereocenters. The number of morpholine rings is 1. The van der Waals surface area contributed by atoms with E-state index in [0.717, 1.165) is 56.9 Å². The summed E-state index contributed by atoms with van der Waals surface area (Å²) in [5, 5.41) is 0.758. The summed E-state index contributed by atoms with van der Waals surface area (Å²) in [5.41, 5.74) is 0.934. The molecule has 0 N–H and O–H groups in total. The minimum absolute atomic E-state index is 0.